The van der Waals surface area contributed by atoms with Crippen molar-refractivity contribution in [2.45, 2.75) is 13.3 Å². The van der Waals surface area contributed by atoms with Gasteiger partial charge in [0.05, 0.1) is 0 Å². The molecule has 0 saturated carbocycles. The highest BCUT2D eigenvalue weighted by atomic mass is 16.1. The molecule has 0 radical (unpaired) electrons. The van der Waals surface area contributed by atoms with E-state index in [9.17, 15) is 4.79 Å². The van der Waals surface area contributed by atoms with E-state index in [1.54, 1.807) is 0 Å². The van der Waals surface area contributed by atoms with Gasteiger partial charge in [-0.25, -0.2) is 0 Å². The minimum absolute atomic E-state index is 0.0463. The summed E-state index contributed by atoms with van der Waals surface area (Å²) in [6, 6.07) is 0. The molecule has 0 aliphatic rings. The maximum atomic E-state index is 9.89. The molecule has 0 aliphatic heterocycles. The lowest BCUT2D eigenvalue weighted by Gasteiger charge is -1.74. The molecule has 0 atom stereocenters. The Hall–Kier alpha value is -0.660. The Labute approximate surface area is 36.7 Å². The predicted octanol–water partition coefficient (Wildman–Crippen LogP) is 0.615. The molecule has 0 fully saturated rings. The second-order valence-corrected chi connectivity index (χ2v) is 1.11. The fourth-order valence-corrected chi connectivity index (χ4v) is 0.144. The Morgan fingerprint density at radius 2 is 2.50 bits per heavy atom. The third kappa shape index (κ3) is 3.34. The van der Waals surface area contributed by atoms with Gasteiger partial charge in [-0.15, -0.1) is 0 Å². The highest BCUT2D eigenvalue weighted by Crippen LogP contribution is 1.70. The summed E-state index contributed by atoms with van der Waals surface area (Å²) in [7, 11) is 0. The lowest BCUT2D eigenvalue weighted by molar-refractivity contribution is -0.115. The summed E-state index contributed by atoms with van der Waals surface area (Å²) in [6.07, 6.45) is 1.38. The molecular weight excluding hydrogens is 78.0 g/mol. The molecule has 0 unspecified atom stereocenters. The van der Waals surface area contributed by atoms with Crippen molar-refractivity contribution in [3.8, 4) is 0 Å². The van der Waals surface area contributed by atoms with Crippen LogP contribution in [0.4, 0.5) is 0 Å². The maximum Gasteiger partial charge on any atom is 0.135 e. The number of hydrogen-bond donors (Lipinski definition) is 1. The quantitative estimate of drug-likeness (QED) is 0.490. The summed E-state index contributed by atoms with van der Waals surface area (Å²) < 4.78 is 0. The molecule has 0 bridgehead atoms. The molecule has 2 nitrogen and oxygen atoms in total. The largest absolute Gasteiger partial charge is 0.313 e. The third-order valence-electron chi connectivity index (χ3n) is 0.390. The van der Waals surface area contributed by atoms with Crippen LogP contribution in [-0.2, 0) is 4.79 Å². The summed E-state index contributed by atoms with van der Waals surface area (Å²) in [6.45, 7) is 1.46. The van der Waals surface area contributed by atoms with Gasteiger partial charge in [0, 0.05) is 12.6 Å². The molecule has 0 amide bonds. The Balaban J connectivity index is 3.05. The molecule has 0 heterocycles. The number of hydrogen-bond acceptors (Lipinski definition) is 2. The first-order valence-electron chi connectivity index (χ1n) is 1.75. The van der Waals surface area contributed by atoms with E-state index in [4.69, 9.17) is 5.41 Å². The predicted molar refractivity (Wildman–Crippen MR) is 24.1 cm³/mol. The Kier molecular flexibility index (Phi) is 2.29. The van der Waals surface area contributed by atoms with Gasteiger partial charge in [-0.2, -0.15) is 0 Å². The van der Waals surface area contributed by atoms with Crippen LogP contribution in [0.25, 0.3) is 0 Å². The van der Waals surface area contributed by atoms with Crippen LogP contribution in [0.2, 0.25) is 0 Å². The molecule has 0 aliphatic carbocycles. The number of nitrogens with one attached hydrogen (secondary N) is 1. The fraction of sp³-hybridized carbons (Fsp3) is 0.500. The summed E-state index contributed by atoms with van der Waals surface area (Å²) in [5.74, 6) is 0.0463. The monoisotopic (exact) mass is 85.1 g/mol. The van der Waals surface area contributed by atoms with E-state index in [1.807, 2.05) is 0 Å². The first-order valence-corrected chi connectivity index (χ1v) is 1.75. The van der Waals surface area contributed by atoms with Gasteiger partial charge in [-0.3, -0.25) is 4.79 Å². The molecule has 6 heavy (non-hydrogen) atoms. The van der Waals surface area contributed by atoms with Crippen LogP contribution >= 0.6 is 0 Å². The van der Waals surface area contributed by atoms with E-state index in [0.29, 0.717) is 0 Å². The molecule has 0 aromatic carbocycles. The SMILES string of the molecule is CC(=O)CC=N. The van der Waals surface area contributed by atoms with Crippen LogP contribution < -0.4 is 0 Å². The van der Waals surface area contributed by atoms with Gasteiger partial charge < -0.3 is 5.41 Å². The van der Waals surface area contributed by atoms with Crippen molar-refractivity contribution in [2.24, 2.45) is 0 Å². The Morgan fingerprint density at radius 1 is 2.00 bits per heavy atom. The van der Waals surface area contributed by atoms with E-state index < -0.39 is 0 Å². The van der Waals surface area contributed by atoms with Crippen LogP contribution in [-0.4, -0.2) is 12.0 Å². The van der Waals surface area contributed by atoms with Crippen molar-refractivity contribution in [1.29, 1.82) is 5.41 Å². The van der Waals surface area contributed by atoms with Gasteiger partial charge in [0.25, 0.3) is 0 Å². The Morgan fingerprint density at radius 3 is 2.50 bits per heavy atom. The van der Waals surface area contributed by atoms with Crippen molar-refractivity contribution in [3.63, 3.8) is 0 Å². The van der Waals surface area contributed by atoms with Gasteiger partial charge in [0.15, 0.2) is 0 Å². The first-order chi connectivity index (χ1) is 2.77. The van der Waals surface area contributed by atoms with Crippen LogP contribution in [0, 0.1) is 5.41 Å². The fourth-order valence-electron chi connectivity index (χ4n) is 0.144. The minimum atomic E-state index is 0.0463. The van der Waals surface area contributed by atoms with Gasteiger partial charge in [-0.1, -0.05) is 0 Å². The van der Waals surface area contributed by atoms with E-state index in [0.717, 1.165) is 6.21 Å². The van der Waals surface area contributed by atoms with Gasteiger partial charge in [0.1, 0.15) is 5.78 Å². The van der Waals surface area contributed by atoms with E-state index in [1.165, 1.54) is 6.92 Å². The maximum absolute atomic E-state index is 9.89. The molecular formula is C4H7NO. The number of carbonyl (C=O) groups is 1. The zero-order chi connectivity index (χ0) is 4.99. The van der Waals surface area contributed by atoms with Crippen molar-refractivity contribution >= 4 is 12.0 Å². The highest BCUT2D eigenvalue weighted by Gasteiger charge is 1.81. The molecule has 0 spiro atoms. The molecule has 0 rings (SSSR count). The van der Waals surface area contributed by atoms with E-state index >= 15 is 0 Å². The first kappa shape index (κ1) is 5.34. The molecule has 2 heteroatoms. The lowest BCUT2D eigenvalue weighted by atomic mass is 10.3. The molecule has 34 valence electrons. The zero-order valence-corrected chi connectivity index (χ0v) is 3.69. The lowest BCUT2D eigenvalue weighted by Crippen LogP contribution is -1.86. The van der Waals surface area contributed by atoms with Crippen molar-refractivity contribution in [1.82, 2.24) is 0 Å². The average Bonchev–Trinajstić information content (AvgIpc) is 1.35. The molecule has 1 N–H and O–H groups in total. The van der Waals surface area contributed by atoms with Crippen molar-refractivity contribution < 1.29 is 4.79 Å². The van der Waals surface area contributed by atoms with Gasteiger partial charge in [0.2, 0.25) is 0 Å². The van der Waals surface area contributed by atoms with Crippen molar-refractivity contribution in [3.05, 3.63) is 0 Å². The summed E-state index contributed by atoms with van der Waals surface area (Å²) in [5.41, 5.74) is 0. The third-order valence-corrected chi connectivity index (χ3v) is 0.390. The number of carbonyl (C=O) groups excluding carboxylic acids is 1. The van der Waals surface area contributed by atoms with Crippen molar-refractivity contribution in [2.75, 3.05) is 0 Å². The van der Waals surface area contributed by atoms with Crippen LogP contribution in [0.15, 0.2) is 0 Å². The van der Waals surface area contributed by atoms with E-state index in [2.05, 4.69) is 0 Å². The standard InChI is InChI=1S/C4H7NO/c1-4(6)2-3-5/h3,5H,2H2,1H3. The molecule has 0 aromatic rings. The second kappa shape index (κ2) is 2.57. The normalized spacial score (nSPS) is 7.50. The topological polar surface area (TPSA) is 40.9 Å². The molecule has 0 saturated heterocycles. The second-order valence-electron chi connectivity index (χ2n) is 1.11. The summed E-state index contributed by atoms with van der Waals surface area (Å²) >= 11 is 0. The zero-order valence-electron chi connectivity index (χ0n) is 3.69. The number of rotatable bonds is 2. The van der Waals surface area contributed by atoms with Gasteiger partial charge >= 0.3 is 0 Å². The number of ketones is 1. The average molecular weight is 85.1 g/mol. The summed E-state index contributed by atoms with van der Waals surface area (Å²) in [5, 5.41) is 6.39. The minimum Gasteiger partial charge on any atom is -0.313 e. The van der Waals surface area contributed by atoms with E-state index in [-0.39, 0.29) is 12.2 Å². The van der Waals surface area contributed by atoms with Crippen LogP contribution in [0.5, 0.6) is 0 Å². The Bertz CT molecular complexity index is 67.9. The smallest absolute Gasteiger partial charge is 0.135 e. The highest BCUT2D eigenvalue weighted by molar-refractivity contribution is 5.88. The van der Waals surface area contributed by atoms with Crippen LogP contribution in [0.3, 0.4) is 0 Å². The van der Waals surface area contributed by atoms with Crippen LogP contribution in [0.1, 0.15) is 13.3 Å². The number of Topliss-reactive ketones (excluding diaryl/α,β-unsaturated/α-hetero) is 1. The summed E-state index contributed by atoms with van der Waals surface area (Å²) in [4.78, 5) is 9.89. The van der Waals surface area contributed by atoms with Gasteiger partial charge in [-0.05, 0) is 6.92 Å². The molecule has 0 aromatic heterocycles.